The first-order valence-corrected chi connectivity index (χ1v) is 15.8. The van der Waals surface area contributed by atoms with Gasteiger partial charge >= 0.3 is 0 Å². The lowest BCUT2D eigenvalue weighted by Crippen LogP contribution is -2.80. The fraction of sp³-hybridized carbons (Fsp3) is 0.400. The maximum Gasteiger partial charge on any atom is 0.280 e. The quantitative estimate of drug-likeness (QED) is 0.248. The molecule has 11 heteroatoms. The van der Waals surface area contributed by atoms with Crippen LogP contribution in [-0.4, -0.2) is 61.6 Å². The largest absolute Gasteiger partial charge is 0.394 e. The molecule has 0 saturated carbocycles. The van der Waals surface area contributed by atoms with E-state index >= 15 is 0 Å². The van der Waals surface area contributed by atoms with E-state index in [1.165, 1.54) is 6.33 Å². The van der Waals surface area contributed by atoms with Crippen LogP contribution in [0.15, 0.2) is 71.8 Å². The summed E-state index contributed by atoms with van der Waals surface area (Å²) >= 11 is 0. The number of aromatic nitrogens is 4. The molecule has 1 saturated heterocycles. The Kier molecular flexibility index (Phi) is 7.49. The highest BCUT2D eigenvalue weighted by atomic mass is 28.3. The van der Waals surface area contributed by atoms with Gasteiger partial charge in [0.15, 0.2) is 19.2 Å². The Bertz CT molecular complexity index is 1560. The Balaban J connectivity index is 1.68. The van der Waals surface area contributed by atoms with Crippen LogP contribution in [0.4, 0.5) is 5.95 Å². The fourth-order valence-electron chi connectivity index (χ4n) is 6.52. The van der Waals surface area contributed by atoms with Crippen molar-refractivity contribution >= 4 is 41.5 Å². The molecule has 0 aliphatic carbocycles. The summed E-state index contributed by atoms with van der Waals surface area (Å²) in [7, 11) is -3.21. The van der Waals surface area contributed by atoms with E-state index in [1.54, 1.807) is 18.4 Å². The second-order valence-corrected chi connectivity index (χ2v) is 17.0. The first-order chi connectivity index (χ1) is 19.4. The number of carbonyl (C=O) groups excluding carboxylic acids is 1. The number of H-pyrrole nitrogens is 1. The topological polar surface area (TPSA) is 142 Å². The number of imidazole rings is 1. The molecule has 2 aromatic heterocycles. The van der Waals surface area contributed by atoms with Gasteiger partial charge in [0.2, 0.25) is 11.9 Å². The highest BCUT2D eigenvalue weighted by molar-refractivity contribution is 7.06. The third-order valence-corrected chi connectivity index (χ3v) is 14.7. The lowest BCUT2D eigenvalue weighted by atomic mass is 10.1. The van der Waals surface area contributed by atoms with E-state index in [2.05, 4.69) is 65.3 Å². The number of amides is 1. The smallest absolute Gasteiger partial charge is 0.280 e. The summed E-state index contributed by atoms with van der Waals surface area (Å²) in [6.45, 7) is 9.48. The molecular formula is C30H37N5O5Si. The number of aliphatic hydroxyl groups excluding tert-OH is 1. The second kappa shape index (κ2) is 10.6. The van der Waals surface area contributed by atoms with Crippen molar-refractivity contribution in [2.45, 2.75) is 63.6 Å². The van der Waals surface area contributed by atoms with Gasteiger partial charge in [-0.2, -0.15) is 4.98 Å². The Morgan fingerprint density at radius 2 is 1.73 bits per heavy atom. The van der Waals surface area contributed by atoms with Crippen LogP contribution in [-0.2, 0) is 9.53 Å². The van der Waals surface area contributed by atoms with E-state index in [-0.39, 0.29) is 35.4 Å². The SMILES string of the molecule is CC(C)C(=O)Nc1nc2c(ncn2[C@H]2C[C@@](O)([Si](c3ccccc3)(c3ccccc3)C(C)(C)C)[C@@H](CO)O2)c(=O)[nH]1. The van der Waals surface area contributed by atoms with Gasteiger partial charge in [0.1, 0.15) is 12.3 Å². The molecule has 1 fully saturated rings. The summed E-state index contributed by atoms with van der Waals surface area (Å²) < 4.78 is 8.05. The van der Waals surface area contributed by atoms with Crippen LogP contribution in [0.25, 0.3) is 11.2 Å². The van der Waals surface area contributed by atoms with Gasteiger partial charge in [-0.15, -0.1) is 0 Å². The van der Waals surface area contributed by atoms with Crippen LogP contribution in [0.3, 0.4) is 0 Å². The predicted molar refractivity (Wildman–Crippen MR) is 160 cm³/mol. The Hall–Kier alpha value is -3.64. The summed E-state index contributed by atoms with van der Waals surface area (Å²) in [4.78, 5) is 36.5. The van der Waals surface area contributed by atoms with Crippen LogP contribution < -0.4 is 21.2 Å². The Labute approximate surface area is 239 Å². The zero-order valence-corrected chi connectivity index (χ0v) is 25.0. The zero-order valence-electron chi connectivity index (χ0n) is 24.0. The molecule has 0 spiro atoms. The molecule has 2 aromatic carbocycles. The second-order valence-electron chi connectivity index (χ2n) is 12.0. The van der Waals surface area contributed by atoms with Crippen molar-refractivity contribution in [3.05, 3.63) is 77.3 Å². The fourth-order valence-corrected chi connectivity index (χ4v) is 13.4. The molecule has 0 unspecified atom stereocenters. The van der Waals surface area contributed by atoms with Gasteiger partial charge in [0.05, 0.1) is 18.2 Å². The summed E-state index contributed by atoms with van der Waals surface area (Å²) in [5.74, 6) is -0.607. The minimum atomic E-state index is -3.21. The molecule has 4 N–H and O–H groups in total. The summed E-state index contributed by atoms with van der Waals surface area (Å²) in [6.07, 6.45) is -0.138. The molecule has 3 atom stereocenters. The van der Waals surface area contributed by atoms with Gasteiger partial charge in [-0.3, -0.25) is 24.5 Å². The number of fused-ring (bicyclic) bond motifs is 1. The third-order valence-electron chi connectivity index (χ3n) is 8.20. The number of nitrogens with one attached hydrogen (secondary N) is 2. The van der Waals surface area contributed by atoms with Gasteiger partial charge in [0, 0.05) is 12.3 Å². The van der Waals surface area contributed by atoms with Crippen molar-refractivity contribution in [1.29, 1.82) is 0 Å². The van der Waals surface area contributed by atoms with E-state index < -0.39 is 42.8 Å². The number of benzene rings is 2. The minimum Gasteiger partial charge on any atom is -0.394 e. The maximum absolute atomic E-state index is 13.0. The first-order valence-electron chi connectivity index (χ1n) is 13.8. The maximum atomic E-state index is 13.0. The average molecular weight is 576 g/mol. The lowest BCUT2D eigenvalue weighted by Gasteiger charge is -2.53. The van der Waals surface area contributed by atoms with E-state index in [4.69, 9.17) is 4.74 Å². The molecule has 10 nitrogen and oxygen atoms in total. The molecule has 0 bridgehead atoms. The van der Waals surface area contributed by atoms with Gasteiger partial charge in [-0.1, -0.05) is 106 Å². The third kappa shape index (κ3) is 4.62. The number of carbonyl (C=O) groups is 1. The van der Waals surface area contributed by atoms with Gasteiger partial charge < -0.3 is 14.9 Å². The molecular weight excluding hydrogens is 538 g/mol. The van der Waals surface area contributed by atoms with E-state index in [9.17, 15) is 19.8 Å². The minimum absolute atomic E-state index is 0.00176. The summed E-state index contributed by atoms with van der Waals surface area (Å²) in [5, 5.41) is 26.5. The van der Waals surface area contributed by atoms with Crippen LogP contribution in [0.2, 0.25) is 5.04 Å². The van der Waals surface area contributed by atoms with E-state index in [0.717, 1.165) is 10.4 Å². The van der Waals surface area contributed by atoms with Crippen LogP contribution >= 0.6 is 0 Å². The van der Waals surface area contributed by atoms with Gasteiger partial charge in [-0.05, 0) is 5.04 Å². The highest BCUT2D eigenvalue weighted by Crippen LogP contribution is 2.51. The van der Waals surface area contributed by atoms with Gasteiger partial charge in [0.25, 0.3) is 5.56 Å². The number of hydrogen-bond acceptors (Lipinski definition) is 7. The average Bonchev–Trinajstić information content (AvgIpc) is 3.51. The van der Waals surface area contributed by atoms with E-state index in [0.29, 0.717) is 0 Å². The lowest BCUT2D eigenvalue weighted by molar-refractivity contribution is -0.118. The Morgan fingerprint density at radius 1 is 1.15 bits per heavy atom. The predicted octanol–water partition coefficient (Wildman–Crippen LogP) is 2.33. The van der Waals surface area contributed by atoms with Crippen molar-refractivity contribution in [2.75, 3.05) is 11.9 Å². The number of ether oxygens (including phenoxy) is 1. The number of rotatable bonds is 7. The monoisotopic (exact) mass is 575 g/mol. The number of aliphatic hydroxyl groups is 2. The molecule has 0 radical (unpaired) electrons. The number of hydrogen-bond donors (Lipinski definition) is 4. The first kappa shape index (κ1) is 28.9. The van der Waals surface area contributed by atoms with Gasteiger partial charge in [-0.25, -0.2) is 4.98 Å². The molecule has 3 heterocycles. The van der Waals surface area contributed by atoms with Crippen LogP contribution in [0.5, 0.6) is 0 Å². The van der Waals surface area contributed by atoms with Crippen LogP contribution in [0, 0.1) is 5.92 Å². The molecule has 1 aliphatic rings. The summed E-state index contributed by atoms with van der Waals surface area (Å²) in [5.41, 5.74) is -0.217. The van der Waals surface area contributed by atoms with Crippen molar-refractivity contribution in [3.8, 4) is 0 Å². The van der Waals surface area contributed by atoms with Crippen molar-refractivity contribution in [3.63, 3.8) is 0 Å². The normalized spacial score (nSPS) is 21.5. The van der Waals surface area contributed by atoms with Crippen molar-refractivity contribution < 1.29 is 19.7 Å². The molecule has 5 rings (SSSR count). The summed E-state index contributed by atoms with van der Waals surface area (Å²) in [6, 6.07) is 20.0. The van der Waals surface area contributed by atoms with Crippen LogP contribution in [0.1, 0.15) is 47.3 Å². The van der Waals surface area contributed by atoms with Crippen molar-refractivity contribution in [2.24, 2.45) is 5.92 Å². The molecule has 41 heavy (non-hydrogen) atoms. The van der Waals surface area contributed by atoms with Crippen molar-refractivity contribution in [1.82, 2.24) is 19.5 Å². The molecule has 1 amide bonds. The zero-order chi connectivity index (χ0) is 29.6. The number of anilines is 1. The molecule has 216 valence electrons. The molecule has 1 aliphatic heterocycles. The van der Waals surface area contributed by atoms with E-state index in [1.807, 2.05) is 36.4 Å². The number of nitrogens with zero attached hydrogens (tertiary/aromatic N) is 3. The standard InChI is InChI=1S/C30H37N5O5Si/c1-19(2)26(37)33-28-32-25-24(27(38)34-28)31-18-35(25)23-16-30(39,22(17-36)40-23)41(29(3,4)5,20-12-8-6-9-13-20)21-14-10-7-11-15-21/h6-15,18-19,22-23,36,39H,16-17H2,1-5H3,(H2,32,33,34,37,38)/t22-,23-,30-/m1/s1. The Morgan fingerprint density at radius 3 is 2.24 bits per heavy atom. The highest BCUT2D eigenvalue weighted by Gasteiger charge is 2.68. The number of aromatic amines is 1. The molecule has 4 aromatic rings.